The van der Waals surface area contributed by atoms with Crippen LogP contribution in [-0.2, 0) is 7.05 Å². The van der Waals surface area contributed by atoms with Crippen molar-refractivity contribution in [3.8, 4) is 0 Å². The van der Waals surface area contributed by atoms with Gasteiger partial charge in [0.15, 0.2) is 5.96 Å². The van der Waals surface area contributed by atoms with Crippen molar-refractivity contribution in [2.75, 3.05) is 34.2 Å². The summed E-state index contributed by atoms with van der Waals surface area (Å²) in [5.74, 6) is 1.64. The lowest BCUT2D eigenvalue weighted by Crippen LogP contribution is -2.45. The Morgan fingerprint density at radius 3 is 2.50 bits per heavy atom. The molecule has 1 saturated carbocycles. The Kier molecular flexibility index (Phi) is 7.50. The van der Waals surface area contributed by atoms with E-state index in [2.05, 4.69) is 59.8 Å². The maximum Gasteiger partial charge on any atom is 0.191 e. The van der Waals surface area contributed by atoms with Crippen LogP contribution in [0.5, 0.6) is 0 Å². The standard InChI is InChI=1S/C20H38N6/c1-16(2)11-20(9-7-8-10-20)15-23-19(21-3)22-13-18(25(4)5)17-12-24-26(6)14-17/h12,14,16,18H,7-11,13,15H2,1-6H3,(H2,21,22,23). The van der Waals surface area contributed by atoms with Gasteiger partial charge < -0.3 is 15.5 Å². The first-order valence-corrected chi connectivity index (χ1v) is 9.95. The Hall–Kier alpha value is -1.56. The normalized spacial score (nSPS) is 18.5. The van der Waals surface area contributed by atoms with E-state index in [0.717, 1.165) is 25.0 Å². The molecule has 0 radical (unpaired) electrons. The molecule has 2 N–H and O–H groups in total. The molecular weight excluding hydrogens is 324 g/mol. The number of hydrogen-bond acceptors (Lipinski definition) is 3. The van der Waals surface area contributed by atoms with Crippen molar-refractivity contribution >= 4 is 5.96 Å². The highest BCUT2D eigenvalue weighted by atomic mass is 15.3. The second-order valence-electron chi connectivity index (χ2n) is 8.54. The molecule has 1 aromatic rings. The van der Waals surface area contributed by atoms with Gasteiger partial charge in [0, 0.05) is 38.9 Å². The molecule has 1 heterocycles. The molecule has 0 bridgehead atoms. The molecule has 1 atom stereocenters. The minimum Gasteiger partial charge on any atom is -0.356 e. The molecule has 0 spiro atoms. The molecule has 1 unspecified atom stereocenters. The van der Waals surface area contributed by atoms with Crippen molar-refractivity contribution in [2.24, 2.45) is 23.4 Å². The summed E-state index contributed by atoms with van der Waals surface area (Å²) < 4.78 is 1.86. The van der Waals surface area contributed by atoms with Gasteiger partial charge in [-0.05, 0) is 44.7 Å². The molecule has 1 fully saturated rings. The van der Waals surface area contributed by atoms with Crippen LogP contribution < -0.4 is 10.6 Å². The minimum absolute atomic E-state index is 0.262. The number of rotatable bonds is 8. The van der Waals surface area contributed by atoms with Gasteiger partial charge in [-0.15, -0.1) is 0 Å². The third-order valence-corrected chi connectivity index (χ3v) is 5.56. The summed E-state index contributed by atoms with van der Waals surface area (Å²) in [6.07, 6.45) is 10.7. The van der Waals surface area contributed by atoms with E-state index < -0.39 is 0 Å². The summed E-state index contributed by atoms with van der Waals surface area (Å²) >= 11 is 0. The Morgan fingerprint density at radius 1 is 1.31 bits per heavy atom. The zero-order valence-corrected chi connectivity index (χ0v) is 17.5. The highest BCUT2D eigenvalue weighted by Crippen LogP contribution is 2.42. The first-order chi connectivity index (χ1) is 12.3. The van der Waals surface area contributed by atoms with Gasteiger partial charge in [-0.1, -0.05) is 26.7 Å². The SMILES string of the molecule is CN=C(NCC(c1cnn(C)c1)N(C)C)NCC1(CC(C)C)CCCC1. The Bertz CT molecular complexity index is 569. The Labute approximate surface area is 159 Å². The zero-order valence-electron chi connectivity index (χ0n) is 17.5. The van der Waals surface area contributed by atoms with Crippen molar-refractivity contribution in [2.45, 2.75) is 52.0 Å². The van der Waals surface area contributed by atoms with Gasteiger partial charge in [-0.3, -0.25) is 9.67 Å². The molecular formula is C20H38N6. The van der Waals surface area contributed by atoms with Gasteiger partial charge in [0.1, 0.15) is 0 Å². The lowest BCUT2D eigenvalue weighted by Gasteiger charge is -2.32. The molecule has 1 aliphatic carbocycles. The van der Waals surface area contributed by atoms with Crippen LogP contribution in [0.2, 0.25) is 0 Å². The van der Waals surface area contributed by atoms with Crippen LogP contribution in [0.25, 0.3) is 0 Å². The predicted octanol–water partition coefficient (Wildman–Crippen LogP) is 2.79. The van der Waals surface area contributed by atoms with E-state index in [0.29, 0.717) is 5.41 Å². The third-order valence-electron chi connectivity index (χ3n) is 5.56. The van der Waals surface area contributed by atoms with E-state index in [-0.39, 0.29) is 6.04 Å². The van der Waals surface area contributed by atoms with E-state index >= 15 is 0 Å². The summed E-state index contributed by atoms with van der Waals surface area (Å²) in [6, 6.07) is 0.262. The largest absolute Gasteiger partial charge is 0.356 e. The number of aliphatic imine (C=N–C) groups is 1. The minimum atomic E-state index is 0.262. The molecule has 0 aliphatic heterocycles. The van der Waals surface area contributed by atoms with E-state index in [1.54, 1.807) is 0 Å². The van der Waals surface area contributed by atoms with E-state index in [1.165, 1.54) is 37.7 Å². The molecule has 0 aromatic carbocycles. The van der Waals surface area contributed by atoms with Gasteiger partial charge in [-0.2, -0.15) is 5.10 Å². The first kappa shape index (κ1) is 20.7. The summed E-state index contributed by atoms with van der Waals surface area (Å²) in [5, 5.41) is 11.4. The molecule has 6 nitrogen and oxygen atoms in total. The van der Waals surface area contributed by atoms with E-state index in [1.807, 2.05) is 25.0 Å². The summed E-state index contributed by atoms with van der Waals surface area (Å²) in [4.78, 5) is 6.66. The monoisotopic (exact) mass is 362 g/mol. The van der Waals surface area contributed by atoms with Gasteiger partial charge in [-0.25, -0.2) is 0 Å². The zero-order chi connectivity index (χ0) is 19.2. The first-order valence-electron chi connectivity index (χ1n) is 9.95. The van der Waals surface area contributed by atoms with Crippen LogP contribution in [0.1, 0.15) is 57.6 Å². The lowest BCUT2D eigenvalue weighted by atomic mass is 9.78. The molecule has 2 rings (SSSR count). The van der Waals surface area contributed by atoms with Gasteiger partial charge in [0.05, 0.1) is 12.2 Å². The molecule has 1 aliphatic rings. The number of aryl methyl sites for hydroxylation is 1. The average molecular weight is 363 g/mol. The second-order valence-corrected chi connectivity index (χ2v) is 8.54. The number of nitrogens with zero attached hydrogens (tertiary/aromatic N) is 4. The highest BCUT2D eigenvalue weighted by Gasteiger charge is 2.34. The lowest BCUT2D eigenvalue weighted by molar-refractivity contribution is 0.234. The van der Waals surface area contributed by atoms with Crippen LogP contribution in [0.15, 0.2) is 17.4 Å². The van der Waals surface area contributed by atoms with Crippen molar-refractivity contribution in [1.29, 1.82) is 0 Å². The quantitative estimate of drug-likeness (QED) is 0.551. The smallest absolute Gasteiger partial charge is 0.191 e. The summed E-state index contributed by atoms with van der Waals surface area (Å²) in [7, 11) is 8.02. The number of likely N-dealkylation sites (N-methyl/N-ethyl adjacent to an activating group) is 1. The average Bonchev–Trinajstić information content (AvgIpc) is 3.19. The van der Waals surface area contributed by atoms with Crippen LogP contribution >= 0.6 is 0 Å². The fraction of sp³-hybridized carbons (Fsp3) is 0.800. The van der Waals surface area contributed by atoms with Crippen molar-refractivity contribution in [1.82, 2.24) is 25.3 Å². The predicted molar refractivity (Wildman–Crippen MR) is 109 cm³/mol. The maximum absolute atomic E-state index is 4.44. The summed E-state index contributed by atoms with van der Waals surface area (Å²) in [5.41, 5.74) is 1.66. The van der Waals surface area contributed by atoms with Crippen molar-refractivity contribution < 1.29 is 0 Å². The van der Waals surface area contributed by atoms with Gasteiger partial charge in [0.25, 0.3) is 0 Å². The summed E-state index contributed by atoms with van der Waals surface area (Å²) in [6.45, 7) is 6.49. The van der Waals surface area contributed by atoms with Crippen molar-refractivity contribution in [3.05, 3.63) is 18.0 Å². The number of nitrogens with one attached hydrogen (secondary N) is 2. The second kappa shape index (κ2) is 9.40. The number of aromatic nitrogens is 2. The molecule has 26 heavy (non-hydrogen) atoms. The molecule has 6 heteroatoms. The number of hydrogen-bond donors (Lipinski definition) is 2. The van der Waals surface area contributed by atoms with E-state index in [4.69, 9.17) is 0 Å². The van der Waals surface area contributed by atoms with Gasteiger partial charge >= 0.3 is 0 Å². The van der Waals surface area contributed by atoms with Gasteiger partial charge in [0.2, 0.25) is 0 Å². The van der Waals surface area contributed by atoms with Crippen LogP contribution in [-0.4, -0.2) is 54.9 Å². The molecule has 0 saturated heterocycles. The maximum atomic E-state index is 4.44. The van der Waals surface area contributed by atoms with Crippen molar-refractivity contribution in [3.63, 3.8) is 0 Å². The topological polar surface area (TPSA) is 57.5 Å². The number of guanidine groups is 1. The fourth-order valence-electron chi connectivity index (χ4n) is 4.34. The Morgan fingerprint density at radius 2 is 2.00 bits per heavy atom. The molecule has 1 aromatic heterocycles. The molecule has 0 amide bonds. The van der Waals surface area contributed by atoms with Crippen LogP contribution in [0.4, 0.5) is 0 Å². The van der Waals surface area contributed by atoms with E-state index in [9.17, 15) is 0 Å². The Balaban J connectivity index is 1.92. The fourth-order valence-corrected chi connectivity index (χ4v) is 4.34. The van der Waals surface area contributed by atoms with Crippen LogP contribution in [0, 0.1) is 11.3 Å². The highest BCUT2D eigenvalue weighted by molar-refractivity contribution is 5.79. The third kappa shape index (κ3) is 5.73. The van der Waals surface area contributed by atoms with Crippen LogP contribution in [0.3, 0.4) is 0 Å². The molecule has 148 valence electrons.